The van der Waals surface area contributed by atoms with Gasteiger partial charge >= 0.3 is 0 Å². The van der Waals surface area contributed by atoms with Gasteiger partial charge in [0.15, 0.2) is 5.13 Å². The zero-order valence-electron chi connectivity index (χ0n) is 7.73. The SMILES string of the molecule is Cc1cnc(N2CC[C@@H](CO)C2)s1. The van der Waals surface area contributed by atoms with Crippen molar-refractivity contribution >= 4 is 16.5 Å². The van der Waals surface area contributed by atoms with E-state index in [1.807, 2.05) is 6.20 Å². The molecule has 1 fully saturated rings. The van der Waals surface area contributed by atoms with Crippen LogP contribution in [-0.2, 0) is 0 Å². The van der Waals surface area contributed by atoms with Crippen molar-refractivity contribution in [3.8, 4) is 0 Å². The Morgan fingerprint density at radius 3 is 3.15 bits per heavy atom. The summed E-state index contributed by atoms with van der Waals surface area (Å²) in [6.45, 7) is 4.38. The average Bonchev–Trinajstić information content (AvgIpc) is 2.71. The highest BCUT2D eigenvalue weighted by Crippen LogP contribution is 2.27. The summed E-state index contributed by atoms with van der Waals surface area (Å²) in [5.41, 5.74) is 0. The summed E-state index contributed by atoms with van der Waals surface area (Å²) < 4.78 is 0. The van der Waals surface area contributed by atoms with Gasteiger partial charge in [0.05, 0.1) is 0 Å². The lowest BCUT2D eigenvalue weighted by atomic mass is 10.1. The first-order valence-corrected chi connectivity index (χ1v) is 5.39. The van der Waals surface area contributed by atoms with Crippen molar-refractivity contribution < 1.29 is 5.11 Å². The number of hydrogen-bond donors (Lipinski definition) is 1. The molecule has 13 heavy (non-hydrogen) atoms. The van der Waals surface area contributed by atoms with Gasteiger partial charge in [-0.3, -0.25) is 0 Å². The standard InChI is InChI=1S/C9H14N2OS/c1-7-4-10-9(13-7)11-3-2-8(5-11)6-12/h4,8,12H,2-3,5-6H2,1H3/t8-/m1/s1. The van der Waals surface area contributed by atoms with Gasteiger partial charge in [-0.25, -0.2) is 4.98 Å². The Morgan fingerprint density at radius 2 is 2.62 bits per heavy atom. The zero-order chi connectivity index (χ0) is 9.26. The van der Waals surface area contributed by atoms with E-state index in [1.165, 1.54) is 4.88 Å². The van der Waals surface area contributed by atoms with E-state index in [9.17, 15) is 0 Å². The summed E-state index contributed by atoms with van der Waals surface area (Å²) in [5, 5.41) is 10.1. The topological polar surface area (TPSA) is 36.4 Å². The Balaban J connectivity index is 2.03. The van der Waals surface area contributed by atoms with E-state index in [4.69, 9.17) is 5.11 Å². The fourth-order valence-corrected chi connectivity index (χ4v) is 2.44. The molecule has 0 unspecified atom stereocenters. The number of aliphatic hydroxyl groups is 1. The summed E-state index contributed by atoms with van der Waals surface area (Å²) in [7, 11) is 0. The number of aryl methyl sites for hydroxylation is 1. The monoisotopic (exact) mass is 198 g/mol. The van der Waals surface area contributed by atoms with E-state index in [1.54, 1.807) is 11.3 Å². The maximum atomic E-state index is 8.99. The Morgan fingerprint density at radius 1 is 1.77 bits per heavy atom. The normalized spacial score (nSPS) is 22.6. The van der Waals surface area contributed by atoms with Gasteiger partial charge < -0.3 is 10.0 Å². The number of thiazole rings is 1. The van der Waals surface area contributed by atoms with E-state index in [0.29, 0.717) is 12.5 Å². The third-order valence-electron chi connectivity index (χ3n) is 2.42. The van der Waals surface area contributed by atoms with Gasteiger partial charge in [0, 0.05) is 36.7 Å². The van der Waals surface area contributed by atoms with E-state index in [0.717, 1.165) is 24.6 Å². The van der Waals surface area contributed by atoms with Gasteiger partial charge in [-0.1, -0.05) is 0 Å². The lowest BCUT2D eigenvalue weighted by Gasteiger charge is -2.13. The molecule has 1 aromatic heterocycles. The van der Waals surface area contributed by atoms with Crippen LogP contribution in [0.3, 0.4) is 0 Å². The van der Waals surface area contributed by atoms with Crippen molar-refractivity contribution in [1.29, 1.82) is 0 Å². The molecule has 0 bridgehead atoms. The fraction of sp³-hybridized carbons (Fsp3) is 0.667. The van der Waals surface area contributed by atoms with Gasteiger partial charge in [0.1, 0.15) is 0 Å². The molecule has 1 aliphatic rings. The molecule has 0 amide bonds. The maximum absolute atomic E-state index is 8.99. The van der Waals surface area contributed by atoms with E-state index in [2.05, 4.69) is 16.8 Å². The molecule has 0 aliphatic carbocycles. The van der Waals surface area contributed by atoms with Crippen LogP contribution in [0.1, 0.15) is 11.3 Å². The van der Waals surface area contributed by atoms with Gasteiger partial charge in [-0.05, 0) is 13.3 Å². The van der Waals surface area contributed by atoms with Gasteiger partial charge in [-0.15, -0.1) is 11.3 Å². The van der Waals surface area contributed by atoms with E-state index >= 15 is 0 Å². The Labute approximate surface area is 82.0 Å². The molecule has 0 aromatic carbocycles. The summed E-state index contributed by atoms with van der Waals surface area (Å²) in [4.78, 5) is 7.84. The van der Waals surface area contributed by atoms with Crippen LogP contribution in [0.4, 0.5) is 5.13 Å². The highest BCUT2D eigenvalue weighted by atomic mass is 32.1. The molecule has 1 atom stereocenters. The minimum atomic E-state index is 0.306. The zero-order valence-corrected chi connectivity index (χ0v) is 8.55. The number of anilines is 1. The maximum Gasteiger partial charge on any atom is 0.185 e. The molecule has 0 spiro atoms. The van der Waals surface area contributed by atoms with Crippen LogP contribution in [0.2, 0.25) is 0 Å². The summed E-state index contributed by atoms with van der Waals surface area (Å²) in [6, 6.07) is 0. The van der Waals surface area contributed by atoms with Crippen molar-refractivity contribution in [2.24, 2.45) is 5.92 Å². The van der Waals surface area contributed by atoms with Crippen molar-refractivity contribution in [3.05, 3.63) is 11.1 Å². The van der Waals surface area contributed by atoms with Crippen LogP contribution in [-0.4, -0.2) is 29.8 Å². The number of hydrogen-bond acceptors (Lipinski definition) is 4. The second-order valence-corrected chi connectivity index (χ2v) is 4.75. The minimum Gasteiger partial charge on any atom is -0.396 e. The smallest absolute Gasteiger partial charge is 0.185 e. The lowest BCUT2D eigenvalue weighted by Crippen LogP contribution is -2.20. The van der Waals surface area contributed by atoms with Crippen LogP contribution in [0.25, 0.3) is 0 Å². The summed E-state index contributed by atoms with van der Waals surface area (Å²) in [6.07, 6.45) is 3.00. The van der Waals surface area contributed by atoms with Crippen LogP contribution < -0.4 is 4.90 Å². The van der Waals surface area contributed by atoms with Crippen molar-refractivity contribution in [2.45, 2.75) is 13.3 Å². The Hall–Kier alpha value is -0.610. The molecule has 0 radical (unpaired) electrons. The molecule has 1 aromatic rings. The molecule has 72 valence electrons. The predicted octanol–water partition coefficient (Wildman–Crippen LogP) is 1.27. The third-order valence-corrected chi connectivity index (χ3v) is 3.40. The molecule has 1 N–H and O–H groups in total. The average molecular weight is 198 g/mol. The number of rotatable bonds is 2. The number of aromatic nitrogens is 1. The third kappa shape index (κ3) is 1.84. The summed E-state index contributed by atoms with van der Waals surface area (Å²) >= 11 is 1.73. The lowest BCUT2D eigenvalue weighted by molar-refractivity contribution is 0.238. The summed E-state index contributed by atoms with van der Waals surface area (Å²) in [5.74, 6) is 0.448. The van der Waals surface area contributed by atoms with Crippen LogP contribution in [0.5, 0.6) is 0 Å². The molecule has 2 heterocycles. The number of aliphatic hydroxyl groups excluding tert-OH is 1. The first kappa shape index (κ1) is 8.97. The number of nitrogens with zero attached hydrogens (tertiary/aromatic N) is 2. The van der Waals surface area contributed by atoms with Crippen LogP contribution >= 0.6 is 11.3 Å². The predicted molar refractivity (Wildman–Crippen MR) is 54.3 cm³/mol. The first-order valence-electron chi connectivity index (χ1n) is 4.58. The second kappa shape index (κ2) is 3.64. The van der Waals surface area contributed by atoms with Gasteiger partial charge in [0.2, 0.25) is 0 Å². The molecular weight excluding hydrogens is 184 g/mol. The molecule has 0 saturated carbocycles. The molecule has 2 rings (SSSR count). The Bertz CT molecular complexity index is 287. The highest BCUT2D eigenvalue weighted by molar-refractivity contribution is 7.15. The van der Waals surface area contributed by atoms with E-state index < -0.39 is 0 Å². The van der Waals surface area contributed by atoms with Gasteiger partial charge in [0.25, 0.3) is 0 Å². The van der Waals surface area contributed by atoms with Crippen LogP contribution in [0.15, 0.2) is 6.20 Å². The van der Waals surface area contributed by atoms with E-state index in [-0.39, 0.29) is 0 Å². The second-order valence-electron chi connectivity index (χ2n) is 3.54. The fourth-order valence-electron chi connectivity index (χ4n) is 1.64. The molecular formula is C9H14N2OS. The molecule has 4 heteroatoms. The molecule has 1 saturated heterocycles. The molecule has 1 aliphatic heterocycles. The Kier molecular flexibility index (Phi) is 2.51. The quantitative estimate of drug-likeness (QED) is 0.777. The van der Waals surface area contributed by atoms with Crippen molar-refractivity contribution in [1.82, 2.24) is 4.98 Å². The largest absolute Gasteiger partial charge is 0.396 e. The molecule has 3 nitrogen and oxygen atoms in total. The minimum absolute atomic E-state index is 0.306. The highest BCUT2D eigenvalue weighted by Gasteiger charge is 2.23. The van der Waals surface area contributed by atoms with Crippen molar-refractivity contribution in [3.63, 3.8) is 0 Å². The van der Waals surface area contributed by atoms with Gasteiger partial charge in [-0.2, -0.15) is 0 Å². The van der Waals surface area contributed by atoms with Crippen LogP contribution in [0, 0.1) is 12.8 Å². The van der Waals surface area contributed by atoms with Crippen molar-refractivity contribution in [2.75, 3.05) is 24.6 Å². The first-order chi connectivity index (χ1) is 6.29.